The van der Waals surface area contributed by atoms with Gasteiger partial charge in [0.05, 0.1) is 21.8 Å². The average Bonchev–Trinajstić information content (AvgIpc) is 2.19. The quantitative estimate of drug-likeness (QED) is 0.841. The van der Waals surface area contributed by atoms with Crippen molar-refractivity contribution in [3.05, 3.63) is 23.8 Å². The minimum atomic E-state index is -0.0900. The number of carbonyl (C=O) groups excluding carboxylic acids is 1. The zero-order valence-corrected chi connectivity index (χ0v) is 10.6. The number of hydrogen-bond acceptors (Lipinski definition) is 2. The Morgan fingerprint density at radius 1 is 1.47 bits per heavy atom. The van der Waals surface area contributed by atoms with E-state index < -0.39 is 0 Å². The van der Waals surface area contributed by atoms with Crippen molar-refractivity contribution in [2.45, 2.75) is 20.8 Å². The van der Waals surface area contributed by atoms with Gasteiger partial charge in [-0.05, 0) is 18.6 Å². The zero-order chi connectivity index (χ0) is 11.6. The second-order valence-electron chi connectivity index (χ2n) is 3.74. The molecule has 0 radical (unpaired) electrons. The normalized spacial score (nSPS) is 10.5. The summed E-state index contributed by atoms with van der Waals surface area (Å²) in [6.07, 6.45) is 0. The molecule has 1 N–H and O–H groups in total. The van der Waals surface area contributed by atoms with Crippen molar-refractivity contribution >= 4 is 27.7 Å². The Morgan fingerprint density at radius 3 is 2.53 bits per heavy atom. The van der Waals surface area contributed by atoms with Gasteiger partial charge >= 0.3 is 0 Å². The number of phenolic OH excluding ortho intramolecular Hbond substituents is 1. The van der Waals surface area contributed by atoms with Crippen LogP contribution in [0.3, 0.4) is 0 Å². The van der Waals surface area contributed by atoms with Crippen LogP contribution < -0.4 is 3.93 Å². The lowest BCUT2D eigenvalue weighted by atomic mass is 10.1. The number of aromatic hydroxyl groups is 1. The van der Waals surface area contributed by atoms with Crippen LogP contribution in [0.5, 0.6) is 5.75 Å². The third kappa shape index (κ3) is 2.72. The maximum Gasteiger partial charge on any atom is 0.239 e. The topological polar surface area (TPSA) is 40.5 Å². The van der Waals surface area contributed by atoms with Crippen molar-refractivity contribution in [3.63, 3.8) is 0 Å². The number of benzene rings is 1. The molecule has 4 heteroatoms. The first-order chi connectivity index (χ1) is 6.93. The molecular weight excluding hydrogens is 258 g/mol. The van der Waals surface area contributed by atoms with Gasteiger partial charge in [-0.1, -0.05) is 19.9 Å². The fraction of sp³-hybridized carbons (Fsp3) is 0.364. The molecule has 0 saturated carbocycles. The average molecular weight is 272 g/mol. The van der Waals surface area contributed by atoms with Gasteiger partial charge < -0.3 is 5.11 Å². The maximum absolute atomic E-state index is 11.6. The summed E-state index contributed by atoms with van der Waals surface area (Å²) in [4.78, 5) is 11.6. The Hall–Kier alpha value is -1.03. The number of hydrogen-bond donors (Lipinski definition) is 1. The number of carbonyl (C=O) groups is 1. The molecule has 0 fully saturated rings. The number of anilines is 1. The fourth-order valence-electron chi connectivity index (χ4n) is 1.07. The van der Waals surface area contributed by atoms with Crippen molar-refractivity contribution < 1.29 is 9.90 Å². The largest absolute Gasteiger partial charge is 0.508 e. The van der Waals surface area contributed by atoms with Crippen molar-refractivity contribution in [2.75, 3.05) is 3.93 Å². The molecule has 0 aliphatic rings. The van der Waals surface area contributed by atoms with Crippen molar-refractivity contribution in [3.8, 4) is 5.75 Å². The molecule has 0 aliphatic heterocycles. The lowest BCUT2D eigenvalue weighted by Crippen LogP contribution is -2.24. The van der Waals surface area contributed by atoms with Crippen LogP contribution in [0.4, 0.5) is 5.69 Å². The first-order valence-electron chi connectivity index (χ1n) is 4.73. The van der Waals surface area contributed by atoms with Crippen molar-refractivity contribution in [1.82, 2.24) is 0 Å². The number of aryl methyl sites for hydroxylation is 1. The third-order valence-electron chi connectivity index (χ3n) is 2.11. The SMILES string of the molecule is Cc1ccc(N(Br)C(=O)C(C)C)cc1O. The number of amides is 1. The highest BCUT2D eigenvalue weighted by Crippen LogP contribution is 2.27. The van der Waals surface area contributed by atoms with Gasteiger partial charge in [0, 0.05) is 12.0 Å². The summed E-state index contributed by atoms with van der Waals surface area (Å²) in [6, 6.07) is 5.11. The van der Waals surface area contributed by atoms with Crippen LogP contribution in [0.25, 0.3) is 0 Å². The van der Waals surface area contributed by atoms with Gasteiger partial charge in [-0.2, -0.15) is 0 Å². The lowest BCUT2D eigenvalue weighted by molar-refractivity contribution is -0.120. The monoisotopic (exact) mass is 271 g/mol. The summed E-state index contributed by atoms with van der Waals surface area (Å²) in [5, 5.41) is 9.51. The first kappa shape index (κ1) is 12.0. The van der Waals surface area contributed by atoms with Crippen LogP contribution >= 0.6 is 16.1 Å². The summed E-state index contributed by atoms with van der Waals surface area (Å²) in [5.41, 5.74) is 1.42. The van der Waals surface area contributed by atoms with Gasteiger partial charge in [0.25, 0.3) is 0 Å². The Kier molecular flexibility index (Phi) is 3.74. The number of nitrogens with zero attached hydrogens (tertiary/aromatic N) is 1. The van der Waals surface area contributed by atoms with E-state index in [0.29, 0.717) is 5.69 Å². The molecule has 82 valence electrons. The Labute approximate surface area is 98.0 Å². The van der Waals surface area contributed by atoms with Crippen molar-refractivity contribution in [2.24, 2.45) is 5.92 Å². The smallest absolute Gasteiger partial charge is 0.239 e. The van der Waals surface area contributed by atoms with E-state index >= 15 is 0 Å². The Morgan fingerprint density at radius 2 is 2.07 bits per heavy atom. The van der Waals surface area contributed by atoms with E-state index in [9.17, 15) is 9.90 Å². The molecule has 0 saturated heterocycles. The fourth-order valence-corrected chi connectivity index (χ4v) is 1.70. The Bertz CT molecular complexity index is 377. The van der Waals surface area contributed by atoms with Crippen molar-refractivity contribution in [1.29, 1.82) is 0 Å². The molecule has 0 atom stereocenters. The van der Waals surface area contributed by atoms with Crippen LogP contribution in [-0.2, 0) is 4.79 Å². The molecule has 1 aromatic rings. The van der Waals surface area contributed by atoms with Crippen LogP contribution in [0.15, 0.2) is 18.2 Å². The highest BCUT2D eigenvalue weighted by atomic mass is 79.9. The molecule has 1 aromatic carbocycles. The molecule has 0 bridgehead atoms. The predicted molar refractivity (Wildman–Crippen MR) is 64.1 cm³/mol. The highest BCUT2D eigenvalue weighted by molar-refractivity contribution is 9.10. The zero-order valence-electron chi connectivity index (χ0n) is 8.99. The number of phenols is 1. The Balaban J connectivity index is 2.97. The van der Waals surface area contributed by atoms with E-state index in [4.69, 9.17) is 0 Å². The molecule has 0 heterocycles. The molecule has 15 heavy (non-hydrogen) atoms. The summed E-state index contributed by atoms with van der Waals surface area (Å²) in [5.74, 6) is 0.0552. The third-order valence-corrected chi connectivity index (χ3v) is 2.87. The second kappa shape index (κ2) is 4.66. The minimum Gasteiger partial charge on any atom is -0.508 e. The highest BCUT2D eigenvalue weighted by Gasteiger charge is 2.16. The first-order valence-corrected chi connectivity index (χ1v) is 5.43. The van der Waals surface area contributed by atoms with Gasteiger partial charge in [0.15, 0.2) is 0 Å². The van der Waals surface area contributed by atoms with Crippen LogP contribution in [0.1, 0.15) is 19.4 Å². The van der Waals surface area contributed by atoms with E-state index in [1.54, 1.807) is 18.2 Å². The molecule has 0 spiro atoms. The molecular formula is C11H14BrNO2. The maximum atomic E-state index is 11.6. The summed E-state index contributed by atoms with van der Waals surface area (Å²) in [7, 11) is 0. The molecule has 0 aromatic heterocycles. The van der Waals surface area contributed by atoms with E-state index in [-0.39, 0.29) is 17.6 Å². The van der Waals surface area contributed by atoms with Gasteiger partial charge in [-0.15, -0.1) is 0 Å². The molecule has 3 nitrogen and oxygen atoms in total. The van der Waals surface area contributed by atoms with Gasteiger partial charge in [-0.25, -0.2) is 3.93 Å². The van der Waals surface area contributed by atoms with Crippen LogP contribution in [0, 0.1) is 12.8 Å². The van der Waals surface area contributed by atoms with E-state index in [2.05, 4.69) is 16.1 Å². The predicted octanol–water partition coefficient (Wildman–Crippen LogP) is 3.00. The van der Waals surface area contributed by atoms with Crippen LogP contribution in [-0.4, -0.2) is 11.0 Å². The van der Waals surface area contributed by atoms with Gasteiger partial charge in [-0.3, -0.25) is 4.79 Å². The number of rotatable bonds is 2. The summed E-state index contributed by atoms with van der Waals surface area (Å²) < 4.78 is 1.37. The van der Waals surface area contributed by atoms with E-state index in [1.807, 2.05) is 20.8 Å². The lowest BCUT2D eigenvalue weighted by Gasteiger charge is -2.17. The van der Waals surface area contributed by atoms with Gasteiger partial charge in [0.2, 0.25) is 5.91 Å². The number of halogens is 1. The van der Waals surface area contributed by atoms with E-state index in [1.165, 1.54) is 3.93 Å². The van der Waals surface area contributed by atoms with Gasteiger partial charge in [0.1, 0.15) is 5.75 Å². The molecule has 1 rings (SSSR count). The van der Waals surface area contributed by atoms with Crippen LogP contribution in [0.2, 0.25) is 0 Å². The standard InChI is InChI=1S/C11H14BrNO2/c1-7(2)11(15)13(12)9-5-4-8(3)10(14)6-9/h4-7,14H,1-3H3. The molecule has 1 amide bonds. The second-order valence-corrected chi connectivity index (χ2v) is 4.45. The molecule has 0 aliphatic carbocycles. The summed E-state index contributed by atoms with van der Waals surface area (Å²) in [6.45, 7) is 5.46. The summed E-state index contributed by atoms with van der Waals surface area (Å²) >= 11 is 3.18. The molecule has 0 unspecified atom stereocenters. The van der Waals surface area contributed by atoms with E-state index in [0.717, 1.165) is 5.56 Å². The minimum absolute atomic E-state index is 0.0433.